The van der Waals surface area contributed by atoms with Gasteiger partial charge < -0.3 is 14.4 Å². The van der Waals surface area contributed by atoms with Gasteiger partial charge in [-0.1, -0.05) is 6.92 Å². The number of carbonyl (C=O) groups is 1. The van der Waals surface area contributed by atoms with E-state index in [2.05, 4.69) is 17.0 Å². The average Bonchev–Trinajstić information content (AvgIpc) is 2.89. The second-order valence-electron chi connectivity index (χ2n) is 5.14. The standard InChI is InChI=1S/C15H20N2O3/c1-2-14-11-17(15(18)20-14)13-5-3-12(4-6-13)16-7-9-19-10-8-16/h3-6,14H,2,7-11H2,1H3. The molecule has 1 aromatic carbocycles. The Bertz CT molecular complexity index is 469. The molecule has 1 amide bonds. The summed E-state index contributed by atoms with van der Waals surface area (Å²) in [5.41, 5.74) is 2.08. The van der Waals surface area contributed by atoms with Crippen molar-refractivity contribution in [3.63, 3.8) is 0 Å². The van der Waals surface area contributed by atoms with Gasteiger partial charge in [-0.25, -0.2) is 4.79 Å². The van der Waals surface area contributed by atoms with E-state index in [4.69, 9.17) is 9.47 Å². The molecule has 0 radical (unpaired) electrons. The zero-order valence-corrected chi connectivity index (χ0v) is 11.7. The van der Waals surface area contributed by atoms with Crippen LogP contribution in [-0.2, 0) is 9.47 Å². The van der Waals surface area contributed by atoms with Gasteiger partial charge in [0.1, 0.15) is 6.10 Å². The molecule has 0 aliphatic carbocycles. The number of anilines is 2. The zero-order chi connectivity index (χ0) is 13.9. The summed E-state index contributed by atoms with van der Waals surface area (Å²) in [7, 11) is 0. The highest BCUT2D eigenvalue weighted by Gasteiger charge is 2.31. The lowest BCUT2D eigenvalue weighted by molar-refractivity contribution is 0.122. The van der Waals surface area contributed by atoms with Gasteiger partial charge in [0, 0.05) is 24.5 Å². The molecule has 5 heteroatoms. The molecule has 0 saturated carbocycles. The molecule has 0 N–H and O–H groups in total. The molecule has 0 bridgehead atoms. The van der Waals surface area contributed by atoms with Crippen LogP contribution in [-0.4, -0.2) is 45.0 Å². The first-order valence-electron chi connectivity index (χ1n) is 7.19. The fourth-order valence-electron chi connectivity index (χ4n) is 2.61. The molecule has 1 unspecified atom stereocenters. The largest absolute Gasteiger partial charge is 0.444 e. The number of hydrogen-bond donors (Lipinski definition) is 0. The van der Waals surface area contributed by atoms with Gasteiger partial charge in [0.25, 0.3) is 0 Å². The third-order valence-corrected chi connectivity index (χ3v) is 3.87. The quantitative estimate of drug-likeness (QED) is 0.849. The van der Waals surface area contributed by atoms with Gasteiger partial charge in [0.2, 0.25) is 0 Å². The Morgan fingerprint density at radius 1 is 1.15 bits per heavy atom. The van der Waals surface area contributed by atoms with Crippen LogP contribution >= 0.6 is 0 Å². The molecule has 0 spiro atoms. The lowest BCUT2D eigenvalue weighted by Gasteiger charge is -2.29. The first-order chi connectivity index (χ1) is 9.78. The van der Waals surface area contributed by atoms with Crippen LogP contribution in [0.15, 0.2) is 24.3 Å². The number of ether oxygens (including phenoxy) is 2. The van der Waals surface area contributed by atoms with Crippen molar-refractivity contribution in [2.24, 2.45) is 0 Å². The highest BCUT2D eigenvalue weighted by molar-refractivity contribution is 5.89. The van der Waals surface area contributed by atoms with Crippen LogP contribution in [0.4, 0.5) is 16.2 Å². The van der Waals surface area contributed by atoms with Gasteiger partial charge in [-0.15, -0.1) is 0 Å². The van der Waals surface area contributed by atoms with E-state index in [0.29, 0.717) is 6.54 Å². The third kappa shape index (κ3) is 2.58. The van der Waals surface area contributed by atoms with Gasteiger partial charge in [-0.05, 0) is 30.7 Å². The maximum Gasteiger partial charge on any atom is 0.414 e. The smallest absolute Gasteiger partial charge is 0.414 e. The molecule has 3 rings (SSSR count). The second-order valence-corrected chi connectivity index (χ2v) is 5.14. The van der Waals surface area contributed by atoms with E-state index in [1.165, 1.54) is 5.69 Å². The SMILES string of the molecule is CCC1CN(c2ccc(N3CCOCC3)cc2)C(=O)O1. The number of cyclic esters (lactones) is 1. The summed E-state index contributed by atoms with van der Waals surface area (Å²) in [6.07, 6.45) is 0.631. The highest BCUT2D eigenvalue weighted by atomic mass is 16.6. The number of hydrogen-bond acceptors (Lipinski definition) is 4. The monoisotopic (exact) mass is 276 g/mol. The summed E-state index contributed by atoms with van der Waals surface area (Å²) in [6.45, 7) is 6.07. The maximum atomic E-state index is 11.8. The molecule has 5 nitrogen and oxygen atoms in total. The minimum Gasteiger partial charge on any atom is -0.444 e. The Morgan fingerprint density at radius 2 is 1.80 bits per heavy atom. The minimum atomic E-state index is -0.240. The Hall–Kier alpha value is -1.75. The van der Waals surface area contributed by atoms with Gasteiger partial charge in [-0.3, -0.25) is 4.90 Å². The van der Waals surface area contributed by atoms with Crippen LogP contribution in [0.1, 0.15) is 13.3 Å². The summed E-state index contributed by atoms with van der Waals surface area (Å²) in [6, 6.07) is 8.11. The zero-order valence-electron chi connectivity index (χ0n) is 11.7. The molecule has 1 aromatic rings. The number of benzene rings is 1. The van der Waals surface area contributed by atoms with Crippen molar-refractivity contribution in [1.29, 1.82) is 0 Å². The van der Waals surface area contributed by atoms with Gasteiger partial charge >= 0.3 is 6.09 Å². The normalized spacial score (nSPS) is 23.1. The average molecular weight is 276 g/mol. The molecule has 2 aliphatic rings. The number of amides is 1. The summed E-state index contributed by atoms with van der Waals surface area (Å²) in [4.78, 5) is 15.8. The Balaban J connectivity index is 1.71. The molecular formula is C15H20N2O3. The van der Waals surface area contributed by atoms with Crippen molar-refractivity contribution >= 4 is 17.5 Å². The van der Waals surface area contributed by atoms with E-state index in [9.17, 15) is 4.79 Å². The highest BCUT2D eigenvalue weighted by Crippen LogP contribution is 2.25. The molecular weight excluding hydrogens is 256 g/mol. The Labute approximate surface area is 119 Å². The third-order valence-electron chi connectivity index (χ3n) is 3.87. The van der Waals surface area contributed by atoms with Gasteiger partial charge in [0.15, 0.2) is 0 Å². The first kappa shape index (κ1) is 13.2. The number of rotatable bonds is 3. The predicted octanol–water partition coefficient (Wildman–Crippen LogP) is 2.26. The Kier molecular flexibility index (Phi) is 3.78. The number of morpholine rings is 1. The van der Waals surface area contributed by atoms with E-state index in [0.717, 1.165) is 38.4 Å². The fraction of sp³-hybridized carbons (Fsp3) is 0.533. The van der Waals surface area contributed by atoms with Crippen molar-refractivity contribution < 1.29 is 14.3 Å². The van der Waals surface area contributed by atoms with E-state index in [1.807, 2.05) is 19.1 Å². The second kappa shape index (κ2) is 5.71. The van der Waals surface area contributed by atoms with Crippen molar-refractivity contribution in [2.45, 2.75) is 19.4 Å². The Morgan fingerprint density at radius 3 is 2.40 bits per heavy atom. The van der Waals surface area contributed by atoms with E-state index >= 15 is 0 Å². The van der Waals surface area contributed by atoms with Crippen LogP contribution in [0, 0.1) is 0 Å². The van der Waals surface area contributed by atoms with Crippen molar-refractivity contribution in [1.82, 2.24) is 0 Å². The molecule has 108 valence electrons. The molecule has 2 aliphatic heterocycles. The molecule has 0 aromatic heterocycles. The topological polar surface area (TPSA) is 42.0 Å². The van der Waals surface area contributed by atoms with Crippen molar-refractivity contribution in [3.05, 3.63) is 24.3 Å². The van der Waals surface area contributed by atoms with E-state index in [-0.39, 0.29) is 12.2 Å². The van der Waals surface area contributed by atoms with Gasteiger partial charge in [-0.2, -0.15) is 0 Å². The van der Waals surface area contributed by atoms with Crippen molar-refractivity contribution in [3.8, 4) is 0 Å². The maximum absolute atomic E-state index is 11.8. The number of carbonyl (C=O) groups excluding carboxylic acids is 1. The predicted molar refractivity (Wildman–Crippen MR) is 77.4 cm³/mol. The summed E-state index contributed by atoms with van der Waals surface area (Å²) >= 11 is 0. The van der Waals surface area contributed by atoms with Crippen LogP contribution in [0.2, 0.25) is 0 Å². The molecule has 2 heterocycles. The van der Waals surface area contributed by atoms with Crippen LogP contribution in [0.3, 0.4) is 0 Å². The minimum absolute atomic E-state index is 0.0152. The lowest BCUT2D eigenvalue weighted by atomic mass is 10.2. The molecule has 2 saturated heterocycles. The summed E-state index contributed by atoms with van der Waals surface area (Å²) < 4.78 is 10.6. The summed E-state index contributed by atoms with van der Waals surface area (Å²) in [5.74, 6) is 0. The van der Waals surface area contributed by atoms with Crippen LogP contribution in [0.5, 0.6) is 0 Å². The molecule has 20 heavy (non-hydrogen) atoms. The number of nitrogens with zero attached hydrogens (tertiary/aromatic N) is 2. The van der Waals surface area contributed by atoms with Gasteiger partial charge in [0.05, 0.1) is 19.8 Å². The first-order valence-corrected chi connectivity index (χ1v) is 7.19. The molecule has 2 fully saturated rings. The van der Waals surface area contributed by atoms with E-state index < -0.39 is 0 Å². The van der Waals surface area contributed by atoms with E-state index in [1.54, 1.807) is 4.90 Å². The fourth-order valence-corrected chi connectivity index (χ4v) is 2.61. The summed E-state index contributed by atoms with van der Waals surface area (Å²) in [5, 5.41) is 0. The van der Waals surface area contributed by atoms with Crippen molar-refractivity contribution in [2.75, 3.05) is 42.6 Å². The molecule has 1 atom stereocenters. The lowest BCUT2D eigenvalue weighted by Crippen LogP contribution is -2.36. The van der Waals surface area contributed by atoms with Crippen LogP contribution in [0.25, 0.3) is 0 Å². The van der Waals surface area contributed by atoms with Crippen LogP contribution < -0.4 is 9.80 Å².